The molecule has 0 bridgehead atoms. The molecule has 0 saturated carbocycles. The number of halogens is 2. The first-order valence-electron chi connectivity index (χ1n) is 7.34. The molecular weight excluding hydrogens is 332 g/mol. The monoisotopic (exact) mass is 347 g/mol. The van der Waals surface area contributed by atoms with E-state index in [1.54, 1.807) is 13.0 Å². The third-order valence-corrected chi connectivity index (χ3v) is 5.40. The fraction of sp³-hybridized carbons (Fsp3) is 0.111. The van der Waals surface area contributed by atoms with Crippen LogP contribution in [0.2, 0.25) is 0 Å². The van der Waals surface area contributed by atoms with Crippen LogP contribution in [0, 0.1) is 11.6 Å². The van der Waals surface area contributed by atoms with Gasteiger partial charge in [-0.1, -0.05) is 48.5 Å². The van der Waals surface area contributed by atoms with Gasteiger partial charge in [0.25, 0.3) is 0 Å². The molecule has 0 aliphatic carbocycles. The first-order valence-corrected chi connectivity index (χ1v) is 8.82. The molecule has 24 heavy (non-hydrogen) atoms. The Hall–Kier alpha value is -2.31. The van der Waals surface area contributed by atoms with Gasteiger partial charge in [-0.2, -0.15) is 0 Å². The molecule has 0 fully saturated rings. The van der Waals surface area contributed by atoms with Crippen molar-refractivity contribution in [3.05, 3.63) is 77.9 Å². The van der Waals surface area contributed by atoms with Gasteiger partial charge in [0.05, 0.1) is 0 Å². The second-order valence-electron chi connectivity index (χ2n) is 5.46. The van der Waals surface area contributed by atoms with Crippen LogP contribution in [0.15, 0.2) is 65.6 Å². The van der Waals surface area contributed by atoms with E-state index in [2.05, 4.69) is 4.72 Å². The highest BCUT2D eigenvalue weighted by atomic mass is 32.2. The fourth-order valence-electron chi connectivity index (χ4n) is 2.72. The van der Waals surface area contributed by atoms with E-state index in [4.69, 9.17) is 0 Å². The van der Waals surface area contributed by atoms with Crippen LogP contribution in [-0.2, 0) is 10.0 Å². The third kappa shape index (κ3) is 3.02. The molecule has 3 nitrogen and oxygen atoms in total. The van der Waals surface area contributed by atoms with Crippen LogP contribution in [-0.4, -0.2) is 8.42 Å². The molecule has 3 rings (SSSR count). The molecule has 0 saturated heterocycles. The molecule has 0 spiro atoms. The molecule has 0 aliphatic heterocycles. The molecule has 3 aromatic carbocycles. The number of nitrogens with one attached hydrogen (secondary N) is 1. The quantitative estimate of drug-likeness (QED) is 0.770. The summed E-state index contributed by atoms with van der Waals surface area (Å²) in [6.07, 6.45) is 0. The summed E-state index contributed by atoms with van der Waals surface area (Å²) < 4.78 is 54.7. The zero-order chi connectivity index (χ0) is 17.3. The van der Waals surface area contributed by atoms with Crippen molar-refractivity contribution >= 4 is 20.8 Å². The van der Waals surface area contributed by atoms with E-state index in [1.165, 1.54) is 0 Å². The van der Waals surface area contributed by atoms with Gasteiger partial charge in [0, 0.05) is 6.04 Å². The zero-order valence-electron chi connectivity index (χ0n) is 12.8. The van der Waals surface area contributed by atoms with Gasteiger partial charge in [-0.15, -0.1) is 0 Å². The summed E-state index contributed by atoms with van der Waals surface area (Å²) in [6, 6.07) is 15.3. The summed E-state index contributed by atoms with van der Waals surface area (Å²) in [5, 5.41) is 1.84. The van der Waals surface area contributed by atoms with Crippen LogP contribution < -0.4 is 4.72 Å². The molecule has 124 valence electrons. The van der Waals surface area contributed by atoms with Gasteiger partial charge in [-0.05, 0) is 35.4 Å². The van der Waals surface area contributed by atoms with Crippen LogP contribution in [0.25, 0.3) is 10.8 Å². The molecule has 0 heterocycles. The Bertz CT molecular complexity index is 977. The molecule has 0 amide bonds. The van der Waals surface area contributed by atoms with E-state index in [0.29, 0.717) is 0 Å². The standard InChI is InChI=1S/C18H15F2NO2S/c1-12(14-9-4-7-13-6-2-3-8-15(13)14)21-24(22,23)18-16(19)10-5-11-17(18)20/h2-12,21H,1H3/t12-/m1/s1. The van der Waals surface area contributed by atoms with Crippen LogP contribution in [0.1, 0.15) is 18.5 Å². The highest BCUT2D eigenvalue weighted by Crippen LogP contribution is 2.26. The predicted octanol–water partition coefficient (Wildman–Crippen LogP) is 4.16. The van der Waals surface area contributed by atoms with Crippen LogP contribution in [0.4, 0.5) is 8.78 Å². The molecule has 0 aromatic heterocycles. The SMILES string of the molecule is C[C@@H](NS(=O)(=O)c1c(F)cccc1F)c1cccc2ccccc12. The van der Waals surface area contributed by atoms with Gasteiger partial charge in [-0.25, -0.2) is 21.9 Å². The minimum atomic E-state index is -4.34. The lowest BCUT2D eigenvalue weighted by Gasteiger charge is -2.17. The van der Waals surface area contributed by atoms with Gasteiger partial charge in [0.15, 0.2) is 4.90 Å². The lowest BCUT2D eigenvalue weighted by atomic mass is 10.0. The number of sulfonamides is 1. The minimum Gasteiger partial charge on any atom is -0.207 e. The Morgan fingerprint density at radius 3 is 2.17 bits per heavy atom. The van der Waals surface area contributed by atoms with Gasteiger partial charge in [-0.3, -0.25) is 0 Å². The Labute approximate surface area is 139 Å². The smallest absolute Gasteiger partial charge is 0.207 e. The maximum Gasteiger partial charge on any atom is 0.246 e. The van der Waals surface area contributed by atoms with E-state index >= 15 is 0 Å². The lowest BCUT2D eigenvalue weighted by Crippen LogP contribution is -2.28. The maximum absolute atomic E-state index is 13.8. The number of rotatable bonds is 4. The van der Waals surface area contributed by atoms with Crippen LogP contribution in [0.3, 0.4) is 0 Å². The first-order chi connectivity index (χ1) is 11.4. The van der Waals surface area contributed by atoms with Crippen LogP contribution in [0.5, 0.6) is 0 Å². The number of hydrogen-bond donors (Lipinski definition) is 1. The van der Waals surface area contributed by atoms with E-state index < -0.39 is 32.6 Å². The molecule has 1 atom stereocenters. The van der Waals surface area contributed by atoms with Crippen molar-refractivity contribution in [3.63, 3.8) is 0 Å². The van der Waals surface area contributed by atoms with E-state index in [0.717, 1.165) is 34.5 Å². The summed E-state index contributed by atoms with van der Waals surface area (Å²) in [6.45, 7) is 1.64. The number of hydrogen-bond acceptors (Lipinski definition) is 2. The van der Waals surface area contributed by atoms with Crippen molar-refractivity contribution in [2.24, 2.45) is 0 Å². The van der Waals surface area contributed by atoms with Gasteiger partial charge >= 0.3 is 0 Å². The highest BCUT2D eigenvalue weighted by Gasteiger charge is 2.26. The number of fused-ring (bicyclic) bond motifs is 1. The van der Waals surface area contributed by atoms with Crippen LogP contribution >= 0.6 is 0 Å². The first kappa shape index (κ1) is 16.5. The average Bonchev–Trinajstić information content (AvgIpc) is 2.53. The van der Waals surface area contributed by atoms with Crippen molar-refractivity contribution in [1.82, 2.24) is 4.72 Å². The van der Waals surface area contributed by atoms with Crippen molar-refractivity contribution in [2.75, 3.05) is 0 Å². The Morgan fingerprint density at radius 1 is 0.875 bits per heavy atom. The molecular formula is C18H15F2NO2S. The maximum atomic E-state index is 13.8. The highest BCUT2D eigenvalue weighted by molar-refractivity contribution is 7.89. The second kappa shape index (κ2) is 6.30. The number of benzene rings is 3. The minimum absolute atomic E-state index is 0.653. The van der Waals surface area contributed by atoms with Crippen molar-refractivity contribution in [3.8, 4) is 0 Å². The average molecular weight is 347 g/mol. The fourth-order valence-corrected chi connectivity index (χ4v) is 4.08. The second-order valence-corrected chi connectivity index (χ2v) is 7.11. The van der Waals surface area contributed by atoms with Gasteiger partial charge in [0.2, 0.25) is 10.0 Å². The molecule has 0 aliphatic rings. The largest absolute Gasteiger partial charge is 0.246 e. The van der Waals surface area contributed by atoms with Gasteiger partial charge < -0.3 is 0 Å². The van der Waals surface area contributed by atoms with E-state index in [-0.39, 0.29) is 0 Å². The lowest BCUT2D eigenvalue weighted by molar-refractivity contribution is 0.509. The molecule has 0 unspecified atom stereocenters. The summed E-state index contributed by atoms with van der Waals surface area (Å²) in [5.74, 6) is -2.24. The molecule has 1 N–H and O–H groups in total. The van der Waals surface area contributed by atoms with E-state index in [1.807, 2.05) is 36.4 Å². The summed E-state index contributed by atoms with van der Waals surface area (Å²) in [4.78, 5) is -0.961. The molecule has 6 heteroatoms. The Kier molecular flexibility index (Phi) is 4.34. The molecule has 0 radical (unpaired) electrons. The topological polar surface area (TPSA) is 46.2 Å². The summed E-state index contributed by atoms with van der Waals surface area (Å²) in [7, 11) is -4.34. The Balaban J connectivity index is 2.01. The van der Waals surface area contributed by atoms with Crippen molar-refractivity contribution in [1.29, 1.82) is 0 Å². The normalized spacial score (nSPS) is 13.1. The zero-order valence-corrected chi connectivity index (χ0v) is 13.6. The van der Waals surface area contributed by atoms with E-state index in [9.17, 15) is 17.2 Å². The van der Waals surface area contributed by atoms with Crippen molar-refractivity contribution in [2.45, 2.75) is 17.9 Å². The predicted molar refractivity (Wildman–Crippen MR) is 89.0 cm³/mol. The van der Waals surface area contributed by atoms with Gasteiger partial charge in [0.1, 0.15) is 11.6 Å². The third-order valence-electron chi connectivity index (χ3n) is 3.81. The van der Waals surface area contributed by atoms with Crippen molar-refractivity contribution < 1.29 is 17.2 Å². The Morgan fingerprint density at radius 2 is 1.46 bits per heavy atom. The summed E-state index contributed by atoms with van der Waals surface area (Å²) >= 11 is 0. The summed E-state index contributed by atoms with van der Waals surface area (Å²) in [5.41, 5.74) is 0.730. The molecule has 3 aromatic rings.